The SMILES string of the molecule is CCCCC1COc2nc(N)c(C#N)c(N)c21. The lowest BCUT2D eigenvalue weighted by Crippen LogP contribution is -2.06. The van der Waals surface area contributed by atoms with Crippen LogP contribution in [0.2, 0.25) is 0 Å². The molecule has 0 amide bonds. The molecular formula is C12H16N4O. The fraction of sp³-hybridized carbons (Fsp3) is 0.500. The summed E-state index contributed by atoms with van der Waals surface area (Å²) in [7, 11) is 0. The quantitative estimate of drug-likeness (QED) is 0.827. The highest BCUT2D eigenvalue weighted by Crippen LogP contribution is 2.41. The second-order valence-corrected chi connectivity index (χ2v) is 4.27. The number of ether oxygens (including phenoxy) is 1. The zero-order valence-electron chi connectivity index (χ0n) is 9.86. The van der Waals surface area contributed by atoms with Crippen LogP contribution < -0.4 is 16.2 Å². The van der Waals surface area contributed by atoms with Gasteiger partial charge in [-0.1, -0.05) is 19.8 Å². The van der Waals surface area contributed by atoms with Gasteiger partial charge < -0.3 is 16.2 Å². The summed E-state index contributed by atoms with van der Waals surface area (Å²) in [5.41, 5.74) is 13.2. The maximum atomic E-state index is 9.00. The summed E-state index contributed by atoms with van der Waals surface area (Å²) in [5.74, 6) is 0.894. The van der Waals surface area contributed by atoms with Crippen LogP contribution in [-0.2, 0) is 0 Å². The van der Waals surface area contributed by atoms with Crippen LogP contribution in [0, 0.1) is 11.3 Å². The van der Waals surface area contributed by atoms with E-state index in [9.17, 15) is 0 Å². The lowest BCUT2D eigenvalue weighted by Gasteiger charge is -2.11. The lowest BCUT2D eigenvalue weighted by atomic mass is 9.94. The first-order valence-corrected chi connectivity index (χ1v) is 5.80. The van der Waals surface area contributed by atoms with Crippen LogP contribution in [0.1, 0.15) is 43.2 Å². The molecule has 2 heterocycles. The van der Waals surface area contributed by atoms with Gasteiger partial charge in [0.2, 0.25) is 5.88 Å². The van der Waals surface area contributed by atoms with Gasteiger partial charge in [-0.05, 0) is 6.42 Å². The molecule has 0 radical (unpaired) electrons. The van der Waals surface area contributed by atoms with E-state index < -0.39 is 0 Å². The van der Waals surface area contributed by atoms with Crippen molar-refractivity contribution in [3.05, 3.63) is 11.1 Å². The summed E-state index contributed by atoms with van der Waals surface area (Å²) in [6.45, 7) is 2.73. The molecule has 0 spiro atoms. The van der Waals surface area contributed by atoms with E-state index in [2.05, 4.69) is 11.9 Å². The summed E-state index contributed by atoms with van der Waals surface area (Å²) in [6.07, 6.45) is 3.24. The standard InChI is InChI=1S/C12H16N4O/c1-2-3-4-7-6-17-12-9(7)10(14)8(5-13)11(15)16-12/h7H,2-4,6H2,1H3,(H4,14,15,16). The Kier molecular flexibility index (Phi) is 3.05. The van der Waals surface area contributed by atoms with Gasteiger partial charge in [0.25, 0.3) is 0 Å². The van der Waals surface area contributed by atoms with Crippen molar-refractivity contribution in [3.63, 3.8) is 0 Å². The van der Waals surface area contributed by atoms with Crippen molar-refractivity contribution < 1.29 is 4.74 Å². The Bertz CT molecular complexity index is 478. The molecule has 0 aliphatic carbocycles. The number of hydrogen-bond donors (Lipinski definition) is 2. The zero-order chi connectivity index (χ0) is 12.4. The Balaban J connectivity index is 2.41. The van der Waals surface area contributed by atoms with Gasteiger partial charge in [0, 0.05) is 11.5 Å². The van der Waals surface area contributed by atoms with Crippen LogP contribution in [-0.4, -0.2) is 11.6 Å². The highest BCUT2D eigenvalue weighted by atomic mass is 16.5. The molecule has 1 atom stereocenters. The second-order valence-electron chi connectivity index (χ2n) is 4.27. The average Bonchev–Trinajstić information content (AvgIpc) is 2.70. The van der Waals surface area contributed by atoms with Crippen molar-refractivity contribution in [1.29, 1.82) is 5.26 Å². The number of aromatic nitrogens is 1. The van der Waals surface area contributed by atoms with E-state index >= 15 is 0 Å². The number of nitrogen functional groups attached to an aromatic ring is 2. The number of unbranched alkanes of at least 4 members (excludes halogenated alkanes) is 1. The highest BCUT2D eigenvalue weighted by molar-refractivity contribution is 5.71. The van der Waals surface area contributed by atoms with Crippen molar-refractivity contribution >= 4 is 11.5 Å². The van der Waals surface area contributed by atoms with Gasteiger partial charge in [0.15, 0.2) is 0 Å². The van der Waals surface area contributed by atoms with Crippen molar-refractivity contribution in [2.24, 2.45) is 0 Å². The molecular weight excluding hydrogens is 216 g/mol. The summed E-state index contributed by atoms with van der Waals surface area (Å²) in [5, 5.41) is 9.00. The number of nitrogens with zero attached hydrogens (tertiary/aromatic N) is 2. The topological polar surface area (TPSA) is 98.0 Å². The van der Waals surface area contributed by atoms with Crippen LogP contribution in [0.25, 0.3) is 0 Å². The van der Waals surface area contributed by atoms with Gasteiger partial charge in [-0.2, -0.15) is 10.2 Å². The van der Waals surface area contributed by atoms with Gasteiger partial charge in [-0.25, -0.2) is 0 Å². The molecule has 2 rings (SSSR count). The van der Waals surface area contributed by atoms with E-state index in [1.807, 2.05) is 6.07 Å². The fourth-order valence-corrected chi connectivity index (χ4v) is 2.18. The summed E-state index contributed by atoms with van der Waals surface area (Å²) >= 11 is 0. The largest absolute Gasteiger partial charge is 0.477 e. The first kappa shape index (κ1) is 11.5. The third kappa shape index (κ3) is 1.86. The first-order chi connectivity index (χ1) is 8.19. The number of pyridine rings is 1. The third-order valence-electron chi connectivity index (χ3n) is 3.12. The molecule has 4 N–H and O–H groups in total. The predicted octanol–water partition coefficient (Wildman–Crippen LogP) is 1.78. The van der Waals surface area contributed by atoms with Gasteiger partial charge in [0.1, 0.15) is 17.5 Å². The van der Waals surface area contributed by atoms with Crippen LogP contribution in [0.3, 0.4) is 0 Å². The maximum absolute atomic E-state index is 9.00. The molecule has 5 nitrogen and oxygen atoms in total. The normalized spacial score (nSPS) is 17.3. The van der Waals surface area contributed by atoms with E-state index in [-0.39, 0.29) is 17.3 Å². The Morgan fingerprint density at radius 2 is 2.29 bits per heavy atom. The van der Waals surface area contributed by atoms with Gasteiger partial charge in [-0.15, -0.1) is 0 Å². The molecule has 1 aliphatic rings. The van der Waals surface area contributed by atoms with E-state index in [4.69, 9.17) is 21.5 Å². The maximum Gasteiger partial charge on any atom is 0.221 e. The highest BCUT2D eigenvalue weighted by Gasteiger charge is 2.30. The Morgan fingerprint density at radius 3 is 2.94 bits per heavy atom. The number of nitriles is 1. The molecule has 1 unspecified atom stereocenters. The smallest absolute Gasteiger partial charge is 0.221 e. The predicted molar refractivity (Wildman–Crippen MR) is 65.5 cm³/mol. The van der Waals surface area contributed by atoms with Crippen molar-refractivity contribution in [1.82, 2.24) is 4.98 Å². The number of fused-ring (bicyclic) bond motifs is 1. The number of rotatable bonds is 3. The van der Waals surface area contributed by atoms with Gasteiger partial charge >= 0.3 is 0 Å². The number of nitrogens with two attached hydrogens (primary N) is 2. The van der Waals surface area contributed by atoms with Crippen LogP contribution >= 0.6 is 0 Å². The number of anilines is 2. The van der Waals surface area contributed by atoms with Crippen LogP contribution in [0.4, 0.5) is 11.5 Å². The molecule has 1 aromatic rings. The molecule has 90 valence electrons. The van der Waals surface area contributed by atoms with E-state index in [0.29, 0.717) is 18.2 Å². The van der Waals surface area contributed by atoms with Crippen molar-refractivity contribution in [3.8, 4) is 11.9 Å². The van der Waals surface area contributed by atoms with E-state index in [1.54, 1.807) is 0 Å². The Hall–Kier alpha value is -1.96. The molecule has 1 aliphatic heterocycles. The zero-order valence-corrected chi connectivity index (χ0v) is 9.86. The first-order valence-electron chi connectivity index (χ1n) is 5.80. The minimum absolute atomic E-state index is 0.153. The molecule has 0 saturated carbocycles. The summed E-state index contributed by atoms with van der Waals surface area (Å²) < 4.78 is 5.49. The van der Waals surface area contributed by atoms with Crippen LogP contribution in [0.15, 0.2) is 0 Å². The Labute approximate surface area is 100 Å². The molecule has 0 bridgehead atoms. The summed E-state index contributed by atoms with van der Waals surface area (Å²) in [4.78, 5) is 4.10. The van der Waals surface area contributed by atoms with Gasteiger partial charge in [-0.3, -0.25) is 0 Å². The minimum Gasteiger partial charge on any atom is -0.477 e. The molecule has 5 heteroatoms. The average molecular weight is 232 g/mol. The lowest BCUT2D eigenvalue weighted by molar-refractivity contribution is 0.314. The minimum atomic E-state index is 0.153. The molecule has 1 aromatic heterocycles. The van der Waals surface area contributed by atoms with Crippen molar-refractivity contribution in [2.75, 3.05) is 18.1 Å². The monoisotopic (exact) mass is 232 g/mol. The summed E-state index contributed by atoms with van der Waals surface area (Å²) in [6, 6.07) is 2.00. The molecule has 0 saturated heterocycles. The van der Waals surface area contributed by atoms with E-state index in [0.717, 1.165) is 24.8 Å². The Morgan fingerprint density at radius 1 is 1.53 bits per heavy atom. The van der Waals surface area contributed by atoms with Crippen LogP contribution in [0.5, 0.6) is 5.88 Å². The van der Waals surface area contributed by atoms with E-state index in [1.165, 1.54) is 0 Å². The molecule has 17 heavy (non-hydrogen) atoms. The number of hydrogen-bond acceptors (Lipinski definition) is 5. The fourth-order valence-electron chi connectivity index (χ4n) is 2.18. The third-order valence-corrected chi connectivity index (χ3v) is 3.12. The van der Waals surface area contributed by atoms with Gasteiger partial charge in [0.05, 0.1) is 12.3 Å². The molecule has 0 fully saturated rings. The van der Waals surface area contributed by atoms with Crippen molar-refractivity contribution in [2.45, 2.75) is 32.1 Å². The second kappa shape index (κ2) is 4.50. The molecule has 0 aromatic carbocycles.